The Morgan fingerprint density at radius 2 is 1.39 bits per heavy atom. The zero-order valence-electron chi connectivity index (χ0n) is 26.2. The van der Waals surface area contributed by atoms with Crippen LogP contribution in [0, 0.1) is 22.7 Å². The molecule has 0 amide bonds. The molecular formula is C31H49NO9. The highest BCUT2D eigenvalue weighted by Crippen LogP contribution is 2.39. The Bertz CT molecular complexity index is 1070. The van der Waals surface area contributed by atoms with Gasteiger partial charge in [0.25, 0.3) is 0 Å². The lowest BCUT2D eigenvalue weighted by molar-refractivity contribution is -0.147. The molecule has 5 atom stereocenters. The van der Waals surface area contributed by atoms with Crippen LogP contribution in [-0.4, -0.2) is 47.9 Å². The number of carboxylic acid groups (broad SMARTS) is 1. The highest BCUT2D eigenvalue weighted by Gasteiger charge is 2.37. The summed E-state index contributed by atoms with van der Waals surface area (Å²) >= 11 is 0. The van der Waals surface area contributed by atoms with Gasteiger partial charge < -0.3 is 29.8 Å². The molecule has 41 heavy (non-hydrogen) atoms. The Labute approximate surface area is 244 Å². The molecule has 0 fully saturated rings. The van der Waals surface area contributed by atoms with Crippen LogP contribution >= 0.6 is 0 Å². The summed E-state index contributed by atoms with van der Waals surface area (Å²) in [5.74, 6) is -3.64. The molecule has 1 aromatic rings. The highest BCUT2D eigenvalue weighted by molar-refractivity contribution is 5.82. The molecule has 3 N–H and O–H groups in total. The Morgan fingerprint density at radius 3 is 1.85 bits per heavy atom. The fourth-order valence-corrected chi connectivity index (χ4v) is 3.57. The Morgan fingerprint density at radius 1 is 0.878 bits per heavy atom. The lowest BCUT2D eigenvalue weighted by atomic mass is 9.79. The van der Waals surface area contributed by atoms with E-state index in [-0.39, 0.29) is 24.0 Å². The van der Waals surface area contributed by atoms with Crippen molar-refractivity contribution in [3.63, 3.8) is 0 Å². The van der Waals surface area contributed by atoms with Gasteiger partial charge in [-0.3, -0.25) is 14.4 Å². The summed E-state index contributed by atoms with van der Waals surface area (Å²) in [5.41, 5.74) is 4.93. The van der Waals surface area contributed by atoms with Crippen molar-refractivity contribution < 1.29 is 43.2 Å². The zero-order chi connectivity index (χ0) is 31.7. The van der Waals surface area contributed by atoms with E-state index in [2.05, 4.69) is 0 Å². The van der Waals surface area contributed by atoms with Crippen LogP contribution in [0.3, 0.4) is 0 Å². The minimum Gasteiger partial charge on any atom is -0.480 e. The molecule has 0 aliphatic carbocycles. The van der Waals surface area contributed by atoms with Crippen molar-refractivity contribution in [1.82, 2.24) is 0 Å². The molecule has 0 aliphatic heterocycles. The highest BCUT2D eigenvalue weighted by atomic mass is 16.7. The summed E-state index contributed by atoms with van der Waals surface area (Å²) in [5, 5.41) is 9.83. The van der Waals surface area contributed by atoms with Gasteiger partial charge in [0, 0.05) is 11.8 Å². The second-order valence-electron chi connectivity index (χ2n) is 12.1. The molecule has 0 spiro atoms. The van der Waals surface area contributed by atoms with Crippen LogP contribution in [0.5, 0.6) is 11.5 Å². The quantitative estimate of drug-likeness (QED) is 0.184. The minimum atomic E-state index is -1.39. The molecule has 0 aliphatic rings. The summed E-state index contributed by atoms with van der Waals surface area (Å²) in [4.78, 5) is 50.2. The van der Waals surface area contributed by atoms with Crippen molar-refractivity contribution in [2.45, 2.75) is 107 Å². The number of rotatable bonds is 15. The third kappa shape index (κ3) is 10.0. The number of nitrogens with two attached hydrogens (primary N) is 1. The van der Waals surface area contributed by atoms with Crippen LogP contribution in [0.15, 0.2) is 18.2 Å². The maximum Gasteiger partial charge on any atom is 0.508 e. The smallest absolute Gasteiger partial charge is 0.480 e. The molecule has 0 heterocycles. The number of ether oxygens (including phenoxy) is 4. The van der Waals surface area contributed by atoms with Crippen LogP contribution in [0.1, 0.15) is 100.0 Å². The van der Waals surface area contributed by atoms with E-state index in [0.717, 1.165) is 6.42 Å². The summed E-state index contributed by atoms with van der Waals surface area (Å²) in [6.45, 7) is 18.1. The Hall–Kier alpha value is -3.14. The molecular weight excluding hydrogens is 530 g/mol. The SMILES string of the molecule is CCC(C)COC(=O)OC(C)C(C)C(c1ccc(OC(=O)C(C)(C)CC)c(OC(=O)C(C)(C)CC)c1)[C@H](N)C(=O)O. The van der Waals surface area contributed by atoms with Gasteiger partial charge >= 0.3 is 24.1 Å². The molecule has 232 valence electrons. The fourth-order valence-electron chi connectivity index (χ4n) is 3.57. The minimum absolute atomic E-state index is 0.0220. The molecule has 1 rings (SSSR count). The topological polar surface area (TPSA) is 151 Å². The van der Waals surface area contributed by atoms with E-state index in [1.54, 1.807) is 47.6 Å². The van der Waals surface area contributed by atoms with Crippen molar-refractivity contribution in [2.75, 3.05) is 6.61 Å². The van der Waals surface area contributed by atoms with Gasteiger partial charge in [-0.2, -0.15) is 0 Å². The number of hydrogen-bond acceptors (Lipinski definition) is 9. The third-order valence-corrected chi connectivity index (χ3v) is 8.07. The Balaban J connectivity index is 3.51. The largest absolute Gasteiger partial charge is 0.508 e. The molecule has 10 heteroatoms. The average Bonchev–Trinajstić information content (AvgIpc) is 2.92. The first-order valence-electron chi connectivity index (χ1n) is 14.3. The summed E-state index contributed by atoms with van der Waals surface area (Å²) in [7, 11) is 0. The molecule has 0 bridgehead atoms. The normalized spacial score (nSPS) is 15.6. The molecule has 10 nitrogen and oxygen atoms in total. The van der Waals surface area contributed by atoms with E-state index >= 15 is 0 Å². The van der Waals surface area contributed by atoms with Crippen LogP contribution in [0.4, 0.5) is 4.79 Å². The third-order valence-electron chi connectivity index (χ3n) is 8.07. The lowest BCUT2D eigenvalue weighted by Gasteiger charge is -2.32. The van der Waals surface area contributed by atoms with Crippen LogP contribution in [0.2, 0.25) is 0 Å². The van der Waals surface area contributed by atoms with E-state index in [9.17, 15) is 24.3 Å². The molecule has 0 radical (unpaired) electrons. The molecule has 0 aromatic heterocycles. The number of carbonyl (C=O) groups excluding carboxylic acids is 3. The standard InChI is InChI=1S/C31H49NO9/c1-11-18(4)17-38-29(37)39-20(6)19(5)24(25(32)26(33)34)21-14-15-22(40-27(35)30(7,8)12-2)23(16-21)41-28(36)31(9,10)13-3/h14-16,18-20,24-25H,11-13,17,32H2,1-10H3,(H,33,34)/t18?,19?,20?,24?,25-/m0/s1. The first kappa shape index (κ1) is 35.9. The van der Waals surface area contributed by atoms with Gasteiger partial charge in [0.05, 0.1) is 17.4 Å². The van der Waals surface area contributed by atoms with Crippen molar-refractivity contribution in [2.24, 2.45) is 28.4 Å². The number of carbonyl (C=O) groups is 4. The van der Waals surface area contributed by atoms with Crippen molar-refractivity contribution in [1.29, 1.82) is 0 Å². The molecule has 4 unspecified atom stereocenters. The van der Waals surface area contributed by atoms with Crippen molar-refractivity contribution in [3.05, 3.63) is 23.8 Å². The predicted molar refractivity (Wildman–Crippen MR) is 155 cm³/mol. The van der Waals surface area contributed by atoms with Gasteiger partial charge in [-0.1, -0.05) is 47.1 Å². The Kier molecular flexibility index (Phi) is 13.3. The van der Waals surface area contributed by atoms with Gasteiger partial charge in [-0.05, 0) is 71.1 Å². The summed E-state index contributed by atoms with van der Waals surface area (Å²) in [6, 6.07) is 3.10. The van der Waals surface area contributed by atoms with Crippen LogP contribution in [-0.2, 0) is 23.9 Å². The van der Waals surface area contributed by atoms with E-state index in [4.69, 9.17) is 24.7 Å². The van der Waals surface area contributed by atoms with Gasteiger partial charge in [-0.25, -0.2) is 4.79 Å². The number of hydrogen-bond donors (Lipinski definition) is 2. The van der Waals surface area contributed by atoms with Gasteiger partial charge in [0.2, 0.25) is 0 Å². The maximum atomic E-state index is 13.0. The van der Waals surface area contributed by atoms with E-state index < -0.39 is 58.9 Å². The second kappa shape index (κ2) is 15.2. The first-order chi connectivity index (χ1) is 18.9. The maximum absolute atomic E-state index is 13.0. The average molecular weight is 580 g/mol. The molecule has 0 saturated carbocycles. The van der Waals surface area contributed by atoms with Crippen molar-refractivity contribution >= 4 is 24.1 Å². The van der Waals surface area contributed by atoms with Crippen molar-refractivity contribution in [3.8, 4) is 11.5 Å². The lowest BCUT2D eigenvalue weighted by Crippen LogP contribution is -2.42. The van der Waals surface area contributed by atoms with E-state index in [1.807, 2.05) is 27.7 Å². The zero-order valence-corrected chi connectivity index (χ0v) is 26.2. The van der Waals surface area contributed by atoms with Gasteiger partial charge in [-0.15, -0.1) is 0 Å². The molecule has 1 aromatic carbocycles. The number of aliphatic carboxylic acids is 1. The number of esters is 2. The monoisotopic (exact) mass is 579 g/mol. The summed E-state index contributed by atoms with van der Waals surface area (Å²) < 4.78 is 22.0. The van der Waals surface area contributed by atoms with Crippen LogP contribution in [0.25, 0.3) is 0 Å². The number of benzene rings is 1. The predicted octanol–water partition coefficient (Wildman–Crippen LogP) is 6.09. The van der Waals surface area contributed by atoms with Gasteiger partial charge in [0.1, 0.15) is 12.1 Å². The first-order valence-corrected chi connectivity index (χ1v) is 14.3. The van der Waals surface area contributed by atoms with Crippen LogP contribution < -0.4 is 15.2 Å². The fraction of sp³-hybridized carbons (Fsp3) is 0.677. The van der Waals surface area contributed by atoms with E-state index in [0.29, 0.717) is 18.4 Å². The summed E-state index contributed by atoms with van der Waals surface area (Å²) in [6.07, 6.45) is 0.215. The molecule has 0 saturated heterocycles. The second-order valence-corrected chi connectivity index (χ2v) is 12.1. The number of carboxylic acids is 1. The van der Waals surface area contributed by atoms with E-state index in [1.165, 1.54) is 12.1 Å². The van der Waals surface area contributed by atoms with Gasteiger partial charge in [0.15, 0.2) is 11.5 Å².